The predicted octanol–water partition coefficient (Wildman–Crippen LogP) is 9.40. The van der Waals surface area contributed by atoms with Gasteiger partial charge in [-0.05, 0) is 46.1 Å². The first kappa shape index (κ1) is 35.1. The van der Waals surface area contributed by atoms with Gasteiger partial charge in [0.1, 0.15) is 16.1 Å². The zero-order valence-corrected chi connectivity index (χ0v) is 28.2. The molecule has 36 heavy (non-hydrogen) atoms. The Balaban J connectivity index is 5.90. The Bertz CT molecular complexity index is 594. The highest BCUT2D eigenvalue weighted by atomic mass is 28.3. The van der Waals surface area contributed by atoms with Crippen LogP contribution in [0.3, 0.4) is 0 Å². The molecule has 0 aliphatic rings. The molecule has 0 aliphatic heterocycles. The van der Waals surface area contributed by atoms with E-state index < -0.39 is 28.1 Å². The Hall–Kier alpha value is -0.886. The summed E-state index contributed by atoms with van der Waals surface area (Å²) < 4.78 is 12.3. The first-order valence-corrected chi connectivity index (χ1v) is 19.3. The van der Waals surface area contributed by atoms with Crippen molar-refractivity contribution in [3.05, 3.63) is 12.2 Å². The van der Waals surface area contributed by atoms with Gasteiger partial charge in [0.2, 0.25) is 0 Å². The third-order valence-corrected chi connectivity index (χ3v) is 24.1. The fraction of sp³-hybridized carbons (Fsp3) is 0.867. The van der Waals surface area contributed by atoms with Crippen LogP contribution in [-0.4, -0.2) is 39.5 Å². The molecule has 0 aliphatic carbocycles. The molecule has 2 unspecified atom stereocenters. The Kier molecular flexibility index (Phi) is 15.1. The van der Waals surface area contributed by atoms with Crippen molar-refractivity contribution < 1.29 is 19.1 Å². The highest BCUT2D eigenvalue weighted by Crippen LogP contribution is 2.47. The molecule has 0 saturated carbocycles. The molecule has 0 rings (SSSR count). The van der Waals surface area contributed by atoms with Gasteiger partial charge >= 0.3 is 11.9 Å². The van der Waals surface area contributed by atoms with Crippen LogP contribution in [0.1, 0.15) is 123 Å². The highest BCUT2D eigenvalue weighted by molar-refractivity contribution is 6.85. The van der Waals surface area contributed by atoms with Crippen molar-refractivity contribution >= 4 is 28.1 Å². The van der Waals surface area contributed by atoms with E-state index in [2.05, 4.69) is 96.9 Å². The largest absolute Gasteiger partial charge is 0.463 e. The minimum atomic E-state index is -1.98. The molecular formula is C30H60O4Si2. The summed E-state index contributed by atoms with van der Waals surface area (Å²) in [5, 5.41) is 0. The summed E-state index contributed by atoms with van der Waals surface area (Å²) in [6, 6.07) is 0. The van der Waals surface area contributed by atoms with E-state index in [0.717, 1.165) is 25.7 Å². The molecule has 0 aromatic carbocycles. The summed E-state index contributed by atoms with van der Waals surface area (Å²) in [5.41, 5.74) is 2.83. The molecule has 4 nitrogen and oxygen atoms in total. The van der Waals surface area contributed by atoms with Gasteiger partial charge in [-0.25, -0.2) is 9.59 Å². The smallest absolute Gasteiger partial charge is 0.330 e. The molecule has 0 saturated heterocycles. The monoisotopic (exact) mass is 540 g/mol. The summed E-state index contributed by atoms with van der Waals surface area (Å²) in [6.45, 7) is 31.8. The molecule has 0 aromatic rings. The van der Waals surface area contributed by atoms with Gasteiger partial charge in [-0.3, -0.25) is 0 Å². The average molecular weight is 541 g/mol. The van der Waals surface area contributed by atoms with E-state index in [4.69, 9.17) is 9.47 Å². The molecule has 2 atom stereocenters. The molecule has 0 aromatic heterocycles. The number of hydrogen-bond donors (Lipinski definition) is 0. The van der Waals surface area contributed by atoms with Crippen LogP contribution in [0.25, 0.3) is 0 Å². The number of ether oxygens (including phenoxy) is 2. The number of esters is 2. The van der Waals surface area contributed by atoms with Crippen molar-refractivity contribution in [2.75, 3.05) is 0 Å². The Morgan fingerprint density at radius 3 is 0.917 bits per heavy atom. The second-order valence-corrected chi connectivity index (χ2v) is 24.9. The fourth-order valence-electron chi connectivity index (χ4n) is 8.07. The summed E-state index contributed by atoms with van der Waals surface area (Å²) in [5.74, 6) is -0.840. The molecule has 0 radical (unpaired) electrons. The topological polar surface area (TPSA) is 52.6 Å². The zero-order chi connectivity index (χ0) is 28.4. The molecule has 0 fully saturated rings. The van der Waals surface area contributed by atoms with Crippen LogP contribution < -0.4 is 0 Å². The summed E-state index contributed by atoms with van der Waals surface area (Å²) in [7, 11) is -3.97. The fourth-order valence-corrected chi connectivity index (χ4v) is 22.8. The minimum absolute atomic E-state index is 0.0635. The van der Waals surface area contributed by atoms with Gasteiger partial charge in [0.25, 0.3) is 0 Å². The van der Waals surface area contributed by atoms with Crippen LogP contribution in [0, 0.1) is 0 Å². The van der Waals surface area contributed by atoms with Crippen molar-refractivity contribution in [2.24, 2.45) is 0 Å². The van der Waals surface area contributed by atoms with Crippen molar-refractivity contribution in [2.45, 2.75) is 167 Å². The second-order valence-electron chi connectivity index (χ2n) is 12.7. The van der Waals surface area contributed by atoms with E-state index in [1.54, 1.807) is 0 Å². The molecule has 6 heteroatoms. The van der Waals surface area contributed by atoms with Gasteiger partial charge in [-0.2, -0.15) is 0 Å². The van der Waals surface area contributed by atoms with E-state index >= 15 is 0 Å². The quantitative estimate of drug-likeness (QED) is 0.111. The number of carbonyl (C=O) groups excluding carboxylic acids is 2. The Morgan fingerprint density at radius 2 is 0.750 bits per heavy atom. The lowest BCUT2D eigenvalue weighted by atomic mass is 10.3. The van der Waals surface area contributed by atoms with Gasteiger partial charge < -0.3 is 9.47 Å². The van der Waals surface area contributed by atoms with Crippen LogP contribution in [0.15, 0.2) is 12.2 Å². The van der Waals surface area contributed by atoms with Crippen LogP contribution >= 0.6 is 0 Å². The van der Waals surface area contributed by atoms with Crippen molar-refractivity contribution in [3.8, 4) is 0 Å². The van der Waals surface area contributed by atoms with E-state index in [1.807, 2.05) is 0 Å². The van der Waals surface area contributed by atoms with Crippen LogP contribution in [0.4, 0.5) is 0 Å². The lowest BCUT2D eigenvalue weighted by molar-refractivity contribution is -0.143. The maximum Gasteiger partial charge on any atom is 0.330 e. The normalized spacial score (nSPS) is 15.1. The number of carbonyl (C=O) groups is 2. The summed E-state index contributed by atoms with van der Waals surface area (Å²) >= 11 is 0. The molecule has 0 N–H and O–H groups in total. The number of hydrogen-bond acceptors (Lipinski definition) is 4. The van der Waals surface area contributed by atoms with E-state index in [-0.39, 0.29) is 11.5 Å². The highest BCUT2D eigenvalue weighted by Gasteiger charge is 2.51. The first-order valence-electron chi connectivity index (χ1n) is 14.7. The molecular weight excluding hydrogens is 480 g/mol. The number of rotatable bonds is 16. The van der Waals surface area contributed by atoms with Gasteiger partial charge in [0, 0.05) is 12.2 Å². The van der Waals surface area contributed by atoms with E-state index in [0.29, 0.717) is 33.2 Å². The first-order chi connectivity index (χ1) is 16.6. The SMILES string of the molecule is CCCC(OC(=O)/C=C\C(=O)OC(CCC)[Si](C(C)C)(C(C)C)C(C)C)[Si](C(C)C)(C(C)C)C(C)C. The third kappa shape index (κ3) is 7.81. The average Bonchev–Trinajstić information content (AvgIpc) is 2.71. The Morgan fingerprint density at radius 1 is 0.528 bits per heavy atom. The Labute approximate surface area is 226 Å². The van der Waals surface area contributed by atoms with Crippen LogP contribution in [0.5, 0.6) is 0 Å². The lowest BCUT2D eigenvalue weighted by Crippen LogP contribution is -2.57. The predicted molar refractivity (Wildman–Crippen MR) is 161 cm³/mol. The van der Waals surface area contributed by atoms with Gasteiger partial charge in [0.15, 0.2) is 0 Å². The van der Waals surface area contributed by atoms with Crippen molar-refractivity contribution in [3.63, 3.8) is 0 Å². The maximum atomic E-state index is 13.0. The molecule has 0 amide bonds. The molecule has 0 heterocycles. The molecule has 0 bridgehead atoms. The summed E-state index contributed by atoms with van der Waals surface area (Å²) in [6.07, 6.45) is 6.28. The van der Waals surface area contributed by atoms with E-state index in [1.165, 1.54) is 12.2 Å². The van der Waals surface area contributed by atoms with Gasteiger partial charge in [-0.1, -0.05) is 110 Å². The van der Waals surface area contributed by atoms with Crippen LogP contribution in [-0.2, 0) is 19.1 Å². The van der Waals surface area contributed by atoms with Crippen molar-refractivity contribution in [1.29, 1.82) is 0 Å². The lowest BCUT2D eigenvalue weighted by Gasteiger charge is -2.48. The minimum Gasteiger partial charge on any atom is -0.463 e. The summed E-state index contributed by atoms with van der Waals surface area (Å²) in [4.78, 5) is 26.0. The van der Waals surface area contributed by atoms with Gasteiger partial charge in [0.05, 0.1) is 11.5 Å². The van der Waals surface area contributed by atoms with Crippen molar-refractivity contribution in [1.82, 2.24) is 0 Å². The third-order valence-electron chi connectivity index (χ3n) is 9.09. The second kappa shape index (κ2) is 15.5. The van der Waals surface area contributed by atoms with Crippen LogP contribution in [0.2, 0.25) is 33.2 Å². The maximum absolute atomic E-state index is 13.0. The molecule has 0 spiro atoms. The van der Waals surface area contributed by atoms with Gasteiger partial charge in [-0.15, -0.1) is 0 Å². The molecule has 212 valence electrons. The van der Waals surface area contributed by atoms with E-state index in [9.17, 15) is 9.59 Å². The standard InChI is InChI=1S/C30H60O4Si2/c1-15-17-29(35(21(3)4,22(5)6)23(7)8)33-27(31)19-20-28(32)34-30(18-16-2)36(24(9)10,25(11)12)26(13)14/h19-26,29-30H,15-18H2,1-14H3/b20-19-. The zero-order valence-electron chi connectivity index (χ0n) is 26.2.